The van der Waals surface area contributed by atoms with Crippen molar-refractivity contribution < 1.29 is 13.6 Å². The third kappa shape index (κ3) is 4.73. The molecular weight excluding hydrogens is 422 g/mol. The number of carbonyl (C=O) groups excluding carboxylic acids is 1. The van der Waals surface area contributed by atoms with Crippen molar-refractivity contribution >= 4 is 28.5 Å². The van der Waals surface area contributed by atoms with Gasteiger partial charge in [-0.3, -0.25) is 9.69 Å². The van der Waals surface area contributed by atoms with Gasteiger partial charge in [-0.05, 0) is 48.4 Å². The molecule has 0 saturated carbocycles. The van der Waals surface area contributed by atoms with Crippen LogP contribution < -0.4 is 16.0 Å². The lowest BCUT2D eigenvalue weighted by Crippen LogP contribution is -2.26. The zero-order valence-electron chi connectivity index (χ0n) is 17.9. The lowest BCUT2D eigenvalue weighted by atomic mass is 10.1. The Labute approximate surface area is 191 Å². The van der Waals surface area contributed by atoms with Crippen LogP contribution in [0.15, 0.2) is 72.9 Å². The van der Waals surface area contributed by atoms with Crippen LogP contribution in [0, 0.1) is 11.6 Å². The molecule has 3 aromatic rings. The van der Waals surface area contributed by atoms with Gasteiger partial charge in [0.15, 0.2) is 0 Å². The Hall–Kier alpha value is -3.71. The summed E-state index contributed by atoms with van der Waals surface area (Å²) >= 11 is 0. The summed E-state index contributed by atoms with van der Waals surface area (Å²) in [6.45, 7) is 2.72. The molecule has 168 valence electrons. The number of likely N-dealkylation sites (tertiary alicyclic amines) is 1. The molecule has 5 rings (SSSR count). The number of anilines is 3. The number of benzene rings is 3. The number of amides is 1. The van der Waals surface area contributed by atoms with E-state index in [0.29, 0.717) is 28.2 Å². The number of nitrogens with zero attached hydrogens (tertiary/aromatic N) is 1. The van der Waals surface area contributed by atoms with Gasteiger partial charge in [-0.25, -0.2) is 8.78 Å². The molecule has 1 amide bonds. The maximum atomic E-state index is 14.8. The number of hydrogen-bond acceptors (Lipinski definition) is 4. The Morgan fingerprint density at radius 3 is 2.73 bits per heavy atom. The number of carbonyl (C=O) groups is 1. The predicted octanol–water partition coefficient (Wildman–Crippen LogP) is 5.06. The number of fused-ring (bicyclic) bond motifs is 1. The van der Waals surface area contributed by atoms with E-state index in [1.54, 1.807) is 18.2 Å². The molecule has 33 heavy (non-hydrogen) atoms. The van der Waals surface area contributed by atoms with Crippen LogP contribution in [-0.4, -0.2) is 29.9 Å². The van der Waals surface area contributed by atoms with Gasteiger partial charge >= 0.3 is 0 Å². The molecule has 0 bridgehead atoms. The van der Waals surface area contributed by atoms with Crippen LogP contribution in [0.5, 0.6) is 0 Å². The zero-order valence-corrected chi connectivity index (χ0v) is 17.9. The van der Waals surface area contributed by atoms with E-state index in [2.05, 4.69) is 33.0 Å². The minimum atomic E-state index is -0.418. The largest absolute Gasteiger partial charge is 0.379 e. The molecule has 1 fully saturated rings. The fourth-order valence-corrected chi connectivity index (χ4v) is 4.34. The van der Waals surface area contributed by atoms with Crippen molar-refractivity contribution in [2.75, 3.05) is 29.0 Å². The van der Waals surface area contributed by atoms with Crippen molar-refractivity contribution in [3.8, 4) is 0 Å². The predicted molar refractivity (Wildman–Crippen MR) is 127 cm³/mol. The lowest BCUT2D eigenvalue weighted by molar-refractivity contribution is -0.110. The van der Waals surface area contributed by atoms with Crippen LogP contribution in [0.2, 0.25) is 0 Å². The highest BCUT2D eigenvalue weighted by Crippen LogP contribution is 2.32. The first-order valence-corrected chi connectivity index (χ1v) is 11.0. The van der Waals surface area contributed by atoms with Gasteiger partial charge in [0, 0.05) is 43.1 Å². The average Bonchev–Trinajstić information content (AvgIpc) is 3.37. The van der Waals surface area contributed by atoms with Crippen LogP contribution >= 0.6 is 0 Å². The van der Waals surface area contributed by atoms with Crippen molar-refractivity contribution in [3.63, 3.8) is 0 Å². The van der Waals surface area contributed by atoms with Crippen molar-refractivity contribution in [2.24, 2.45) is 0 Å². The standard InChI is InChI=1S/C26H24F2N4O/c27-18-6-8-21-22(26(33)31-25(21)12-18)14-29-19-7-9-24(23(28)13-19)30-20-10-11-32(16-20)15-17-4-2-1-3-5-17/h1-9,12-14,20,29-30H,10-11,15-16H2,(H,31,33)/b22-14-. The van der Waals surface area contributed by atoms with E-state index in [9.17, 15) is 13.6 Å². The fraction of sp³-hybridized carbons (Fsp3) is 0.192. The summed E-state index contributed by atoms with van der Waals surface area (Å²) in [5.41, 5.74) is 3.66. The van der Waals surface area contributed by atoms with E-state index in [1.165, 1.54) is 30.0 Å². The second-order valence-corrected chi connectivity index (χ2v) is 8.39. The molecule has 3 N–H and O–H groups in total. The minimum Gasteiger partial charge on any atom is -0.379 e. The molecule has 0 spiro atoms. The average molecular weight is 447 g/mol. The smallest absolute Gasteiger partial charge is 0.257 e. The van der Waals surface area contributed by atoms with Gasteiger partial charge in [0.05, 0.1) is 16.9 Å². The normalized spacial score (nSPS) is 18.9. The van der Waals surface area contributed by atoms with Crippen molar-refractivity contribution in [1.82, 2.24) is 4.90 Å². The maximum Gasteiger partial charge on any atom is 0.257 e. The van der Waals surface area contributed by atoms with Gasteiger partial charge in [0.25, 0.3) is 5.91 Å². The third-order valence-corrected chi connectivity index (χ3v) is 6.00. The summed E-state index contributed by atoms with van der Waals surface area (Å²) in [4.78, 5) is 14.6. The molecule has 0 aliphatic carbocycles. The Bertz CT molecular complexity index is 1210. The van der Waals surface area contributed by atoms with Crippen molar-refractivity contribution in [2.45, 2.75) is 19.0 Å². The SMILES string of the molecule is O=C1Nc2cc(F)ccc2/C1=C/Nc1ccc(NC2CCN(Cc3ccccc3)C2)c(F)c1. The monoisotopic (exact) mass is 446 g/mol. The molecule has 3 aromatic carbocycles. The van der Waals surface area contributed by atoms with Crippen LogP contribution in [0.4, 0.5) is 25.8 Å². The van der Waals surface area contributed by atoms with Crippen LogP contribution in [0.1, 0.15) is 17.5 Å². The van der Waals surface area contributed by atoms with Crippen LogP contribution in [-0.2, 0) is 11.3 Å². The third-order valence-electron chi connectivity index (χ3n) is 6.00. The highest BCUT2D eigenvalue weighted by Gasteiger charge is 2.25. The van der Waals surface area contributed by atoms with E-state index in [-0.39, 0.29) is 17.8 Å². The maximum absolute atomic E-state index is 14.8. The fourth-order valence-electron chi connectivity index (χ4n) is 4.34. The molecule has 2 heterocycles. The molecule has 2 aliphatic heterocycles. The Kier molecular flexibility index (Phi) is 5.79. The van der Waals surface area contributed by atoms with E-state index >= 15 is 0 Å². The van der Waals surface area contributed by atoms with Gasteiger partial charge in [0.1, 0.15) is 11.6 Å². The van der Waals surface area contributed by atoms with Gasteiger partial charge in [-0.15, -0.1) is 0 Å². The second-order valence-electron chi connectivity index (χ2n) is 8.39. The number of hydrogen-bond donors (Lipinski definition) is 3. The minimum absolute atomic E-state index is 0.184. The van der Waals surface area contributed by atoms with Crippen LogP contribution in [0.25, 0.3) is 5.57 Å². The van der Waals surface area contributed by atoms with E-state index in [4.69, 9.17) is 0 Å². The summed E-state index contributed by atoms with van der Waals surface area (Å²) < 4.78 is 28.1. The van der Waals surface area contributed by atoms with E-state index in [1.807, 2.05) is 18.2 Å². The highest BCUT2D eigenvalue weighted by atomic mass is 19.1. The first-order chi connectivity index (χ1) is 16.0. The molecule has 0 aromatic heterocycles. The number of rotatable bonds is 6. The van der Waals surface area contributed by atoms with E-state index < -0.39 is 5.82 Å². The number of nitrogens with one attached hydrogen (secondary N) is 3. The molecule has 1 saturated heterocycles. The summed E-state index contributed by atoms with van der Waals surface area (Å²) in [6.07, 6.45) is 2.47. The summed E-state index contributed by atoms with van der Waals surface area (Å²) in [5, 5.41) is 8.92. The topological polar surface area (TPSA) is 56.4 Å². The van der Waals surface area contributed by atoms with Gasteiger partial charge in [-0.1, -0.05) is 30.3 Å². The Morgan fingerprint density at radius 2 is 1.91 bits per heavy atom. The van der Waals surface area contributed by atoms with E-state index in [0.717, 1.165) is 26.1 Å². The zero-order chi connectivity index (χ0) is 22.8. The molecular formula is C26H24F2N4O. The van der Waals surface area contributed by atoms with Gasteiger partial charge in [-0.2, -0.15) is 0 Å². The lowest BCUT2D eigenvalue weighted by Gasteiger charge is -2.18. The second kappa shape index (κ2) is 9.03. The molecule has 0 radical (unpaired) electrons. The summed E-state index contributed by atoms with van der Waals surface area (Å²) in [5.74, 6) is -1.11. The molecule has 7 heteroatoms. The van der Waals surface area contributed by atoms with Crippen molar-refractivity contribution in [3.05, 3.63) is 95.7 Å². The highest BCUT2D eigenvalue weighted by molar-refractivity contribution is 6.31. The quantitative estimate of drug-likeness (QED) is 0.464. The van der Waals surface area contributed by atoms with Crippen molar-refractivity contribution in [1.29, 1.82) is 0 Å². The first-order valence-electron chi connectivity index (χ1n) is 11.0. The molecule has 1 unspecified atom stereocenters. The van der Waals surface area contributed by atoms with Gasteiger partial charge < -0.3 is 16.0 Å². The first kappa shape index (κ1) is 21.2. The molecule has 2 aliphatic rings. The molecule has 5 nitrogen and oxygen atoms in total. The van der Waals surface area contributed by atoms with Gasteiger partial charge in [0.2, 0.25) is 0 Å². The summed E-state index contributed by atoms with van der Waals surface area (Å²) in [7, 11) is 0. The Balaban J connectivity index is 1.21. The van der Waals surface area contributed by atoms with Crippen LogP contribution in [0.3, 0.4) is 0 Å². The Morgan fingerprint density at radius 1 is 1.06 bits per heavy atom. The summed E-state index contributed by atoms with van der Waals surface area (Å²) in [6, 6.07) is 19.5. The number of halogens is 2. The molecule has 1 atom stereocenters.